The van der Waals surface area contributed by atoms with Crippen LogP contribution in [0.2, 0.25) is 15.2 Å². The highest BCUT2D eigenvalue weighted by Gasteiger charge is 2.06. The van der Waals surface area contributed by atoms with E-state index in [1.165, 1.54) is 0 Å². The van der Waals surface area contributed by atoms with Crippen LogP contribution in [0.3, 0.4) is 0 Å². The summed E-state index contributed by atoms with van der Waals surface area (Å²) >= 11 is 19.5. The van der Waals surface area contributed by atoms with Crippen molar-refractivity contribution in [3.8, 4) is 0 Å². The molecule has 0 aliphatic carbocycles. The van der Waals surface area contributed by atoms with Gasteiger partial charge in [0.25, 0.3) is 0 Å². The van der Waals surface area contributed by atoms with Gasteiger partial charge < -0.3 is 5.73 Å². The molecule has 0 unspecified atom stereocenters. The van der Waals surface area contributed by atoms with Gasteiger partial charge in [-0.2, -0.15) is 0 Å². The highest BCUT2D eigenvalue weighted by molar-refractivity contribution is 7.98. The van der Waals surface area contributed by atoms with Crippen LogP contribution in [0.15, 0.2) is 35.4 Å². The first-order valence-electron chi connectivity index (χ1n) is 5.04. The number of benzene rings is 1. The second-order valence-corrected chi connectivity index (χ2v) is 5.80. The van der Waals surface area contributed by atoms with Crippen molar-refractivity contribution >= 4 is 52.3 Å². The van der Waals surface area contributed by atoms with Crippen LogP contribution in [-0.2, 0) is 5.75 Å². The van der Waals surface area contributed by atoms with Gasteiger partial charge in [0.05, 0.1) is 5.02 Å². The van der Waals surface area contributed by atoms with Crippen molar-refractivity contribution in [2.45, 2.75) is 10.6 Å². The third-order valence-corrected chi connectivity index (χ3v) is 4.34. The van der Waals surface area contributed by atoms with E-state index in [9.17, 15) is 0 Å². The number of thioether (sulfide) groups is 1. The molecule has 0 atom stereocenters. The van der Waals surface area contributed by atoms with Gasteiger partial charge in [-0.1, -0.05) is 34.8 Å². The van der Waals surface area contributed by atoms with Crippen molar-refractivity contribution in [2.75, 3.05) is 5.73 Å². The fourth-order valence-corrected chi connectivity index (χ4v) is 3.10. The molecule has 6 heteroatoms. The van der Waals surface area contributed by atoms with Gasteiger partial charge in [-0.25, -0.2) is 4.98 Å². The first-order chi connectivity index (χ1) is 8.56. The smallest absolute Gasteiger partial charge is 0.130 e. The van der Waals surface area contributed by atoms with E-state index < -0.39 is 0 Å². The van der Waals surface area contributed by atoms with Crippen LogP contribution >= 0.6 is 46.6 Å². The third-order valence-electron chi connectivity index (χ3n) is 2.24. The van der Waals surface area contributed by atoms with E-state index in [2.05, 4.69) is 4.98 Å². The summed E-state index contributed by atoms with van der Waals surface area (Å²) in [4.78, 5) is 4.96. The zero-order valence-electron chi connectivity index (χ0n) is 9.16. The molecule has 1 aromatic carbocycles. The van der Waals surface area contributed by atoms with Crippen LogP contribution in [0, 0.1) is 0 Å². The summed E-state index contributed by atoms with van der Waals surface area (Å²) in [6, 6.07) is 7.06. The molecule has 94 valence electrons. The molecule has 2 rings (SSSR count). The summed E-state index contributed by atoms with van der Waals surface area (Å²) in [6.45, 7) is 0. The first-order valence-corrected chi connectivity index (χ1v) is 7.16. The Morgan fingerprint density at radius 2 is 1.89 bits per heavy atom. The first kappa shape index (κ1) is 13.8. The molecule has 2 nitrogen and oxygen atoms in total. The fraction of sp³-hybridized carbons (Fsp3) is 0.0833. The molecule has 0 spiro atoms. The van der Waals surface area contributed by atoms with Crippen LogP contribution in [0.25, 0.3) is 0 Å². The van der Waals surface area contributed by atoms with Crippen LogP contribution in [0.4, 0.5) is 5.69 Å². The maximum absolute atomic E-state index is 6.09. The number of rotatable bonds is 3. The standard InChI is InChI=1S/C12H9Cl3N2S/c13-9-4-12(15)17-5-7(9)6-18-11-2-1-8(16)3-10(11)14/h1-5H,6,16H2. The van der Waals surface area contributed by atoms with Gasteiger partial charge in [-0.05, 0) is 29.8 Å². The number of anilines is 1. The van der Waals surface area contributed by atoms with E-state index in [1.807, 2.05) is 12.1 Å². The van der Waals surface area contributed by atoms with E-state index in [0.29, 0.717) is 26.6 Å². The van der Waals surface area contributed by atoms with Gasteiger partial charge in [-0.3, -0.25) is 0 Å². The molecule has 0 radical (unpaired) electrons. The third kappa shape index (κ3) is 3.45. The number of aromatic nitrogens is 1. The molecule has 0 saturated heterocycles. The SMILES string of the molecule is Nc1ccc(SCc2cnc(Cl)cc2Cl)c(Cl)c1. The van der Waals surface area contributed by atoms with Gasteiger partial charge in [0.15, 0.2) is 0 Å². The molecule has 18 heavy (non-hydrogen) atoms. The minimum absolute atomic E-state index is 0.388. The normalized spacial score (nSPS) is 10.6. The summed E-state index contributed by atoms with van der Waals surface area (Å²) in [5, 5.41) is 1.63. The minimum atomic E-state index is 0.388. The Morgan fingerprint density at radius 1 is 1.11 bits per heavy atom. The Balaban J connectivity index is 2.11. The lowest BCUT2D eigenvalue weighted by atomic mass is 10.3. The van der Waals surface area contributed by atoms with E-state index in [4.69, 9.17) is 40.5 Å². The Bertz CT molecular complexity index is 524. The number of nitrogens with zero attached hydrogens (tertiary/aromatic N) is 1. The largest absolute Gasteiger partial charge is 0.399 e. The van der Waals surface area contributed by atoms with Crippen LogP contribution < -0.4 is 5.73 Å². The van der Waals surface area contributed by atoms with E-state index in [1.54, 1.807) is 30.1 Å². The molecule has 0 amide bonds. The average molecular weight is 320 g/mol. The Hall–Kier alpha value is -0.610. The molecule has 0 aliphatic rings. The Morgan fingerprint density at radius 3 is 2.56 bits per heavy atom. The van der Waals surface area contributed by atoms with Crippen molar-refractivity contribution in [1.82, 2.24) is 4.98 Å². The Labute approximate surface area is 124 Å². The zero-order chi connectivity index (χ0) is 13.1. The maximum atomic E-state index is 6.09. The number of hydrogen-bond acceptors (Lipinski definition) is 3. The number of pyridine rings is 1. The molecule has 1 aromatic heterocycles. The fourth-order valence-electron chi connectivity index (χ4n) is 1.33. The quantitative estimate of drug-likeness (QED) is 0.496. The monoisotopic (exact) mass is 318 g/mol. The van der Waals surface area contributed by atoms with Gasteiger partial charge in [0, 0.05) is 27.6 Å². The second kappa shape index (κ2) is 6.02. The number of nitrogens with two attached hydrogens (primary N) is 1. The van der Waals surface area contributed by atoms with Crippen molar-refractivity contribution in [3.63, 3.8) is 0 Å². The van der Waals surface area contributed by atoms with Gasteiger partial charge in [0.2, 0.25) is 0 Å². The van der Waals surface area contributed by atoms with Crippen molar-refractivity contribution in [1.29, 1.82) is 0 Å². The highest BCUT2D eigenvalue weighted by atomic mass is 35.5. The zero-order valence-corrected chi connectivity index (χ0v) is 12.2. The maximum Gasteiger partial charge on any atom is 0.130 e. The van der Waals surface area contributed by atoms with E-state index in [-0.39, 0.29) is 0 Å². The summed E-state index contributed by atoms with van der Waals surface area (Å²) in [7, 11) is 0. The van der Waals surface area contributed by atoms with Crippen LogP contribution in [0.1, 0.15) is 5.56 Å². The molecular weight excluding hydrogens is 311 g/mol. The molecule has 0 aliphatic heterocycles. The van der Waals surface area contributed by atoms with Gasteiger partial charge in [0.1, 0.15) is 5.15 Å². The average Bonchev–Trinajstić information content (AvgIpc) is 2.30. The molecular formula is C12H9Cl3N2S. The van der Waals surface area contributed by atoms with Crippen molar-refractivity contribution in [2.24, 2.45) is 0 Å². The van der Waals surface area contributed by atoms with Crippen LogP contribution in [-0.4, -0.2) is 4.98 Å². The minimum Gasteiger partial charge on any atom is -0.399 e. The molecule has 0 fully saturated rings. The van der Waals surface area contributed by atoms with E-state index in [0.717, 1.165) is 10.5 Å². The second-order valence-electron chi connectivity index (χ2n) is 3.58. The van der Waals surface area contributed by atoms with Crippen molar-refractivity contribution in [3.05, 3.63) is 51.2 Å². The predicted molar refractivity (Wildman–Crippen MR) is 79.7 cm³/mol. The van der Waals surface area contributed by atoms with E-state index >= 15 is 0 Å². The van der Waals surface area contributed by atoms with Crippen molar-refractivity contribution < 1.29 is 0 Å². The van der Waals surface area contributed by atoms with Gasteiger partial charge >= 0.3 is 0 Å². The highest BCUT2D eigenvalue weighted by Crippen LogP contribution is 2.32. The lowest BCUT2D eigenvalue weighted by Gasteiger charge is -2.06. The summed E-state index contributed by atoms with van der Waals surface area (Å²) in [5.41, 5.74) is 7.20. The molecule has 1 heterocycles. The lowest BCUT2D eigenvalue weighted by Crippen LogP contribution is -1.88. The number of halogens is 3. The molecule has 0 saturated carbocycles. The Kier molecular flexibility index (Phi) is 4.62. The molecule has 2 N–H and O–H groups in total. The van der Waals surface area contributed by atoms with Gasteiger partial charge in [-0.15, -0.1) is 11.8 Å². The molecule has 2 aromatic rings. The number of nitrogen functional groups attached to an aromatic ring is 1. The number of hydrogen-bond donors (Lipinski definition) is 1. The summed E-state index contributed by atoms with van der Waals surface area (Å²) in [6.07, 6.45) is 1.67. The lowest BCUT2D eigenvalue weighted by molar-refractivity contribution is 1.25. The molecule has 0 bridgehead atoms. The predicted octanol–water partition coefficient (Wildman–Crippen LogP) is 4.92. The summed E-state index contributed by atoms with van der Waals surface area (Å²) in [5.74, 6) is 0.673. The topological polar surface area (TPSA) is 38.9 Å². The summed E-state index contributed by atoms with van der Waals surface area (Å²) < 4.78 is 0. The van der Waals surface area contributed by atoms with Crippen LogP contribution in [0.5, 0.6) is 0 Å².